The Morgan fingerprint density at radius 2 is 1.88 bits per heavy atom. The van der Waals surface area contributed by atoms with Gasteiger partial charge in [0.15, 0.2) is 0 Å². The van der Waals surface area contributed by atoms with Gasteiger partial charge in [-0.15, -0.1) is 0 Å². The molecule has 0 aliphatic heterocycles. The van der Waals surface area contributed by atoms with E-state index in [-0.39, 0.29) is 5.92 Å². The number of anilines is 1. The fourth-order valence-corrected chi connectivity index (χ4v) is 4.13. The molecule has 2 N–H and O–H groups in total. The Bertz CT molecular complexity index is 906. The quantitative estimate of drug-likeness (QED) is 0.286. The molecule has 1 aliphatic rings. The third-order valence-corrected chi connectivity index (χ3v) is 6.06. The minimum atomic E-state index is -0.602. The number of rotatable bonds is 11. The average Bonchev–Trinajstić information content (AvgIpc) is 2.85. The van der Waals surface area contributed by atoms with Crippen molar-refractivity contribution in [3.05, 3.63) is 47.5 Å². The molecule has 0 saturated heterocycles. The highest BCUT2D eigenvalue weighted by molar-refractivity contribution is 5.78. The third-order valence-electron chi connectivity index (χ3n) is 6.06. The van der Waals surface area contributed by atoms with Gasteiger partial charge in [-0.05, 0) is 73.6 Å². The summed E-state index contributed by atoms with van der Waals surface area (Å²) >= 11 is 0. The van der Waals surface area contributed by atoms with Gasteiger partial charge < -0.3 is 19.9 Å². The monoisotopic (exact) mass is 469 g/mol. The fourth-order valence-electron chi connectivity index (χ4n) is 4.13. The molecule has 6 heteroatoms. The number of carbonyl (C=O) groups is 2. The van der Waals surface area contributed by atoms with E-state index in [0.717, 1.165) is 78.8 Å². The number of carboxylic acid groups (broad SMARTS) is 1. The van der Waals surface area contributed by atoms with Crippen LogP contribution in [0.2, 0.25) is 0 Å². The summed E-state index contributed by atoms with van der Waals surface area (Å²) in [6.07, 6.45) is 8.08. The van der Waals surface area contributed by atoms with Gasteiger partial charge in [-0.1, -0.05) is 50.8 Å². The van der Waals surface area contributed by atoms with Crippen molar-refractivity contribution in [1.82, 2.24) is 0 Å². The number of carbonyl (C=O) groups excluding carboxylic acids is 1. The van der Waals surface area contributed by atoms with E-state index in [9.17, 15) is 9.59 Å². The summed E-state index contributed by atoms with van der Waals surface area (Å²) in [5.41, 5.74) is 5.16. The van der Waals surface area contributed by atoms with Crippen LogP contribution in [0.25, 0.3) is 11.1 Å². The average molecular weight is 470 g/mol. The molecule has 0 bridgehead atoms. The number of benzene rings is 2. The molecule has 6 nitrogen and oxygen atoms in total. The Kier molecular flexibility index (Phi) is 12.2. The van der Waals surface area contributed by atoms with E-state index in [2.05, 4.69) is 25.2 Å². The van der Waals surface area contributed by atoms with Gasteiger partial charge in [0.05, 0.1) is 19.1 Å². The van der Waals surface area contributed by atoms with Crippen molar-refractivity contribution < 1.29 is 24.2 Å². The standard InChI is InChI=1S/C21H27NO3.C7H12O2/c1-4-6-12-24-14-17-13-18(22-15-23)10-11-20(17)19-8-7-9-21(16(19)3)25-5-2;8-7(9)6-4-2-1-3-5-6/h7-11,13,15H,4-6,12,14H2,1-3H3,(H,22,23);6H,1-5H2,(H,8,9). The molecule has 0 unspecified atom stereocenters. The van der Waals surface area contributed by atoms with Gasteiger partial charge in [-0.3, -0.25) is 9.59 Å². The molecule has 0 atom stereocenters. The molecule has 2 aromatic carbocycles. The first kappa shape index (κ1) is 27.4. The molecule has 0 spiro atoms. The minimum Gasteiger partial charge on any atom is -0.494 e. The summed E-state index contributed by atoms with van der Waals surface area (Å²) in [4.78, 5) is 21.1. The van der Waals surface area contributed by atoms with Crippen LogP contribution in [0.5, 0.6) is 5.75 Å². The van der Waals surface area contributed by atoms with Crippen molar-refractivity contribution in [1.29, 1.82) is 0 Å². The Morgan fingerprint density at radius 3 is 2.50 bits per heavy atom. The summed E-state index contributed by atoms with van der Waals surface area (Å²) in [6, 6.07) is 12.0. The summed E-state index contributed by atoms with van der Waals surface area (Å²) in [6.45, 7) is 8.09. The molecule has 1 amide bonds. The lowest BCUT2D eigenvalue weighted by Crippen LogP contribution is -2.16. The number of carboxylic acids is 1. The van der Waals surface area contributed by atoms with Crippen LogP contribution in [0.15, 0.2) is 36.4 Å². The zero-order valence-corrected chi connectivity index (χ0v) is 20.8. The Hall–Kier alpha value is -2.86. The largest absolute Gasteiger partial charge is 0.494 e. The molecule has 1 aliphatic carbocycles. The van der Waals surface area contributed by atoms with Gasteiger partial charge in [0.25, 0.3) is 0 Å². The zero-order chi connectivity index (χ0) is 24.8. The lowest BCUT2D eigenvalue weighted by atomic mass is 9.90. The maximum Gasteiger partial charge on any atom is 0.306 e. The predicted octanol–water partition coefficient (Wildman–Crippen LogP) is 6.60. The highest BCUT2D eigenvalue weighted by Crippen LogP contribution is 2.34. The second-order valence-electron chi connectivity index (χ2n) is 8.58. The molecule has 186 valence electrons. The van der Waals surface area contributed by atoms with E-state index < -0.39 is 5.97 Å². The van der Waals surface area contributed by atoms with Crippen LogP contribution in [-0.2, 0) is 20.9 Å². The normalized spacial score (nSPS) is 13.5. The van der Waals surface area contributed by atoms with Crippen LogP contribution in [0.3, 0.4) is 0 Å². The molecule has 1 fully saturated rings. The van der Waals surface area contributed by atoms with Gasteiger partial charge in [-0.2, -0.15) is 0 Å². The van der Waals surface area contributed by atoms with Gasteiger partial charge in [0.2, 0.25) is 6.41 Å². The molecular weight excluding hydrogens is 430 g/mol. The molecular formula is C28H39NO5. The van der Waals surface area contributed by atoms with E-state index in [4.69, 9.17) is 14.6 Å². The summed E-state index contributed by atoms with van der Waals surface area (Å²) < 4.78 is 11.5. The zero-order valence-electron chi connectivity index (χ0n) is 20.8. The van der Waals surface area contributed by atoms with E-state index >= 15 is 0 Å². The first-order chi connectivity index (χ1) is 16.5. The first-order valence-electron chi connectivity index (χ1n) is 12.4. The van der Waals surface area contributed by atoms with Crippen molar-refractivity contribution in [2.75, 3.05) is 18.5 Å². The number of hydrogen-bond donors (Lipinski definition) is 2. The molecule has 0 heterocycles. The Labute approximate surface area is 203 Å². The number of amides is 1. The molecule has 1 saturated carbocycles. The minimum absolute atomic E-state index is 0.0289. The first-order valence-corrected chi connectivity index (χ1v) is 12.4. The highest BCUT2D eigenvalue weighted by atomic mass is 16.5. The number of unbranched alkanes of at least 4 members (excludes halogenated alkanes) is 1. The van der Waals surface area contributed by atoms with E-state index in [0.29, 0.717) is 19.6 Å². The third kappa shape index (κ3) is 8.49. The number of hydrogen-bond acceptors (Lipinski definition) is 4. The lowest BCUT2D eigenvalue weighted by molar-refractivity contribution is -0.142. The molecule has 0 radical (unpaired) electrons. The summed E-state index contributed by atoms with van der Waals surface area (Å²) in [7, 11) is 0. The number of aliphatic carboxylic acids is 1. The second-order valence-corrected chi connectivity index (χ2v) is 8.58. The predicted molar refractivity (Wildman–Crippen MR) is 136 cm³/mol. The molecule has 34 heavy (non-hydrogen) atoms. The van der Waals surface area contributed by atoms with Crippen molar-refractivity contribution in [3.8, 4) is 16.9 Å². The van der Waals surface area contributed by atoms with Gasteiger partial charge in [0, 0.05) is 12.3 Å². The van der Waals surface area contributed by atoms with Crippen molar-refractivity contribution >= 4 is 18.1 Å². The van der Waals surface area contributed by atoms with Crippen LogP contribution in [0, 0.1) is 12.8 Å². The maximum atomic E-state index is 10.8. The van der Waals surface area contributed by atoms with Gasteiger partial charge >= 0.3 is 5.97 Å². The van der Waals surface area contributed by atoms with E-state index in [1.807, 2.05) is 37.3 Å². The second kappa shape index (κ2) is 15.1. The molecule has 2 aromatic rings. The van der Waals surface area contributed by atoms with Crippen LogP contribution in [-0.4, -0.2) is 30.7 Å². The SMILES string of the molecule is CCCCOCc1cc(NC=O)ccc1-c1cccc(OCC)c1C.O=C(O)C1CCCCC1. The smallest absolute Gasteiger partial charge is 0.306 e. The van der Waals surface area contributed by atoms with Crippen LogP contribution in [0.1, 0.15) is 69.9 Å². The summed E-state index contributed by atoms with van der Waals surface area (Å²) in [5.74, 6) is 0.265. The molecule has 0 aromatic heterocycles. The van der Waals surface area contributed by atoms with E-state index in [1.54, 1.807) is 0 Å². The Morgan fingerprint density at radius 1 is 1.12 bits per heavy atom. The Balaban J connectivity index is 0.000000379. The summed E-state index contributed by atoms with van der Waals surface area (Å²) in [5, 5.41) is 11.3. The van der Waals surface area contributed by atoms with E-state index in [1.165, 1.54) is 6.42 Å². The van der Waals surface area contributed by atoms with Crippen molar-refractivity contribution in [2.24, 2.45) is 5.92 Å². The number of ether oxygens (including phenoxy) is 2. The van der Waals surface area contributed by atoms with Crippen LogP contribution >= 0.6 is 0 Å². The van der Waals surface area contributed by atoms with Crippen molar-refractivity contribution in [2.45, 2.75) is 72.3 Å². The van der Waals surface area contributed by atoms with Gasteiger partial charge in [0.1, 0.15) is 5.75 Å². The molecule has 3 rings (SSSR count). The van der Waals surface area contributed by atoms with Gasteiger partial charge in [-0.25, -0.2) is 0 Å². The highest BCUT2D eigenvalue weighted by Gasteiger charge is 2.19. The van der Waals surface area contributed by atoms with Crippen LogP contribution < -0.4 is 10.1 Å². The topological polar surface area (TPSA) is 84.9 Å². The van der Waals surface area contributed by atoms with Crippen LogP contribution in [0.4, 0.5) is 5.69 Å². The maximum absolute atomic E-state index is 10.8. The fraction of sp³-hybridized carbons (Fsp3) is 0.500. The number of nitrogens with one attached hydrogen (secondary N) is 1. The van der Waals surface area contributed by atoms with Crippen molar-refractivity contribution in [3.63, 3.8) is 0 Å². The lowest BCUT2D eigenvalue weighted by Gasteiger charge is -2.16.